The van der Waals surface area contributed by atoms with Crippen molar-refractivity contribution in [2.45, 2.75) is 6.92 Å². The van der Waals surface area contributed by atoms with Crippen LogP contribution in [0.1, 0.15) is 12.5 Å². The fourth-order valence-electron chi connectivity index (χ4n) is 4.81. The lowest BCUT2D eigenvalue weighted by molar-refractivity contribution is 0.0960. The van der Waals surface area contributed by atoms with Gasteiger partial charge in [0.05, 0.1) is 13.7 Å². The third-order valence-corrected chi connectivity index (χ3v) is 6.84. The lowest BCUT2D eigenvalue weighted by Gasteiger charge is -2.36. The molecular formula is C29H33N5O2. The van der Waals surface area contributed by atoms with E-state index in [2.05, 4.69) is 44.0 Å². The Morgan fingerprint density at radius 1 is 1.00 bits per heavy atom. The van der Waals surface area contributed by atoms with Crippen molar-refractivity contribution in [3.8, 4) is 28.0 Å². The lowest BCUT2D eigenvalue weighted by Crippen LogP contribution is -2.49. The Morgan fingerprint density at radius 2 is 1.83 bits per heavy atom. The minimum absolute atomic E-state index is 0.576. The number of nitrogens with zero attached hydrogens (tertiary/aromatic N) is 3. The standard InChI is InChI=1S/C29H33N5O2/c1-3-36-16-15-33-11-13-34(14-12-33)28(30)22-8-6-7-21(17-22)23-18-25-26(20-32-29(25)31-19-23)24-9-4-5-10-27(24)35-2/h4-10,17-20,30H,3,11-16H2,1-2H3,(H,31,32). The molecule has 1 aliphatic rings. The van der Waals surface area contributed by atoms with Gasteiger partial charge >= 0.3 is 0 Å². The number of fused-ring (bicyclic) bond motifs is 1. The second-order valence-electron chi connectivity index (χ2n) is 8.98. The number of aromatic nitrogens is 2. The summed E-state index contributed by atoms with van der Waals surface area (Å²) in [6, 6.07) is 18.4. The summed E-state index contributed by atoms with van der Waals surface area (Å²) in [6.07, 6.45) is 3.88. The van der Waals surface area contributed by atoms with Crippen LogP contribution >= 0.6 is 0 Å². The summed E-state index contributed by atoms with van der Waals surface area (Å²) < 4.78 is 11.1. The monoisotopic (exact) mass is 483 g/mol. The number of piperazine rings is 1. The largest absolute Gasteiger partial charge is 0.496 e. The first-order valence-corrected chi connectivity index (χ1v) is 12.5. The summed E-state index contributed by atoms with van der Waals surface area (Å²) in [6.45, 7) is 8.13. The number of nitrogens with one attached hydrogen (secondary N) is 2. The van der Waals surface area contributed by atoms with Crippen molar-refractivity contribution < 1.29 is 9.47 Å². The zero-order valence-electron chi connectivity index (χ0n) is 21.0. The first kappa shape index (κ1) is 24.0. The highest BCUT2D eigenvalue weighted by molar-refractivity contribution is 5.99. The molecule has 0 amide bonds. The Kier molecular flexibility index (Phi) is 7.30. The van der Waals surface area contributed by atoms with Crippen molar-refractivity contribution in [1.82, 2.24) is 19.8 Å². The summed E-state index contributed by atoms with van der Waals surface area (Å²) >= 11 is 0. The van der Waals surface area contributed by atoms with E-state index in [1.807, 2.05) is 49.6 Å². The van der Waals surface area contributed by atoms with Crippen molar-refractivity contribution in [1.29, 1.82) is 5.41 Å². The summed E-state index contributed by atoms with van der Waals surface area (Å²) in [5.74, 6) is 1.41. The van der Waals surface area contributed by atoms with E-state index in [9.17, 15) is 0 Å². The number of benzene rings is 2. The molecule has 0 radical (unpaired) electrons. The molecule has 2 aromatic heterocycles. The molecular weight excluding hydrogens is 450 g/mol. The number of amidine groups is 1. The highest BCUT2D eigenvalue weighted by Gasteiger charge is 2.20. The number of rotatable bonds is 8. The van der Waals surface area contributed by atoms with Crippen LogP contribution in [0, 0.1) is 5.41 Å². The molecule has 1 aliphatic heterocycles. The Bertz CT molecular complexity index is 1340. The SMILES string of the molecule is CCOCCN1CCN(C(=N)c2cccc(-c3cnc4[nH]cc(-c5ccccc5OC)c4c3)c2)CC1. The Hall–Kier alpha value is -3.68. The second-order valence-corrected chi connectivity index (χ2v) is 8.98. The van der Waals surface area contributed by atoms with Gasteiger partial charge in [0.1, 0.15) is 17.2 Å². The van der Waals surface area contributed by atoms with Gasteiger partial charge in [-0.05, 0) is 30.7 Å². The summed E-state index contributed by atoms with van der Waals surface area (Å²) in [5.41, 5.74) is 5.92. The van der Waals surface area contributed by atoms with Gasteiger partial charge in [0.25, 0.3) is 0 Å². The average molecular weight is 484 g/mol. The molecule has 2 aromatic carbocycles. The molecule has 2 N–H and O–H groups in total. The molecule has 36 heavy (non-hydrogen) atoms. The highest BCUT2D eigenvalue weighted by atomic mass is 16.5. The predicted molar refractivity (Wildman–Crippen MR) is 145 cm³/mol. The second kappa shape index (κ2) is 10.9. The quantitative estimate of drug-likeness (QED) is 0.212. The maximum atomic E-state index is 8.86. The molecule has 186 valence electrons. The molecule has 1 saturated heterocycles. The molecule has 7 heteroatoms. The predicted octanol–water partition coefficient (Wildman–Crippen LogP) is 4.88. The number of hydrogen-bond donors (Lipinski definition) is 2. The molecule has 0 spiro atoms. The summed E-state index contributed by atoms with van der Waals surface area (Å²) in [5, 5.41) is 9.91. The number of para-hydroxylation sites is 1. The van der Waals surface area contributed by atoms with Gasteiger partial charge in [-0.3, -0.25) is 10.3 Å². The zero-order chi connectivity index (χ0) is 24.9. The normalized spacial score (nSPS) is 14.3. The number of aromatic amines is 1. The zero-order valence-corrected chi connectivity index (χ0v) is 21.0. The molecule has 4 aromatic rings. The lowest BCUT2D eigenvalue weighted by atomic mass is 10.00. The van der Waals surface area contributed by atoms with E-state index in [-0.39, 0.29) is 0 Å². The number of H-pyrrole nitrogens is 1. The van der Waals surface area contributed by atoms with Crippen molar-refractivity contribution in [3.05, 3.63) is 72.6 Å². The third kappa shape index (κ3) is 4.98. The van der Waals surface area contributed by atoms with E-state index in [1.54, 1.807) is 7.11 Å². The summed E-state index contributed by atoms with van der Waals surface area (Å²) in [7, 11) is 1.69. The van der Waals surface area contributed by atoms with Crippen LogP contribution in [0.15, 0.2) is 67.0 Å². The molecule has 0 saturated carbocycles. The Morgan fingerprint density at radius 3 is 2.64 bits per heavy atom. The smallest absolute Gasteiger partial charge is 0.137 e. The molecule has 0 bridgehead atoms. The fraction of sp³-hybridized carbons (Fsp3) is 0.310. The van der Waals surface area contributed by atoms with Crippen LogP contribution in [-0.4, -0.2) is 78.7 Å². The van der Waals surface area contributed by atoms with Gasteiger partial charge in [-0.1, -0.05) is 36.4 Å². The van der Waals surface area contributed by atoms with Gasteiger partial charge in [0.2, 0.25) is 0 Å². The topological polar surface area (TPSA) is 77.5 Å². The van der Waals surface area contributed by atoms with Crippen molar-refractivity contribution >= 4 is 16.9 Å². The number of pyridine rings is 1. The van der Waals surface area contributed by atoms with Crippen LogP contribution in [0.3, 0.4) is 0 Å². The first-order chi connectivity index (χ1) is 17.7. The molecule has 0 unspecified atom stereocenters. The van der Waals surface area contributed by atoms with E-state index in [0.717, 1.165) is 90.5 Å². The van der Waals surface area contributed by atoms with Crippen molar-refractivity contribution in [2.75, 3.05) is 53.0 Å². The molecule has 5 rings (SSSR count). The minimum atomic E-state index is 0.576. The molecule has 7 nitrogen and oxygen atoms in total. The molecule has 0 atom stereocenters. The van der Waals surface area contributed by atoms with E-state index in [1.165, 1.54) is 0 Å². The van der Waals surface area contributed by atoms with Gasteiger partial charge in [-0.25, -0.2) is 4.98 Å². The highest BCUT2D eigenvalue weighted by Crippen LogP contribution is 2.36. The van der Waals surface area contributed by atoms with E-state index in [0.29, 0.717) is 5.84 Å². The van der Waals surface area contributed by atoms with Crippen LogP contribution in [0.25, 0.3) is 33.3 Å². The number of hydrogen-bond acceptors (Lipinski definition) is 5. The van der Waals surface area contributed by atoms with E-state index in [4.69, 9.17) is 14.9 Å². The minimum Gasteiger partial charge on any atom is -0.496 e. The van der Waals surface area contributed by atoms with Crippen LogP contribution in [0.4, 0.5) is 0 Å². The van der Waals surface area contributed by atoms with E-state index < -0.39 is 0 Å². The molecule has 0 aliphatic carbocycles. The van der Waals surface area contributed by atoms with Crippen molar-refractivity contribution in [3.63, 3.8) is 0 Å². The van der Waals surface area contributed by atoms with Crippen molar-refractivity contribution in [2.24, 2.45) is 0 Å². The molecule has 3 heterocycles. The van der Waals surface area contributed by atoms with Gasteiger partial charge in [-0.2, -0.15) is 0 Å². The first-order valence-electron chi connectivity index (χ1n) is 12.5. The van der Waals surface area contributed by atoms with Gasteiger partial charge < -0.3 is 19.4 Å². The number of ether oxygens (including phenoxy) is 2. The van der Waals surface area contributed by atoms with Crippen LogP contribution in [0.5, 0.6) is 5.75 Å². The van der Waals surface area contributed by atoms with Crippen LogP contribution in [-0.2, 0) is 4.74 Å². The van der Waals surface area contributed by atoms with Crippen LogP contribution in [0.2, 0.25) is 0 Å². The van der Waals surface area contributed by atoms with Gasteiger partial charge in [-0.15, -0.1) is 0 Å². The summed E-state index contributed by atoms with van der Waals surface area (Å²) in [4.78, 5) is 12.6. The van der Waals surface area contributed by atoms with Gasteiger partial charge in [0, 0.05) is 79.4 Å². The maximum absolute atomic E-state index is 8.86. The Labute approximate surface area is 212 Å². The number of methoxy groups -OCH3 is 1. The Balaban J connectivity index is 1.36. The maximum Gasteiger partial charge on any atom is 0.137 e. The average Bonchev–Trinajstić information content (AvgIpc) is 3.36. The van der Waals surface area contributed by atoms with Gasteiger partial charge in [0.15, 0.2) is 0 Å². The molecule has 1 fully saturated rings. The van der Waals surface area contributed by atoms with Crippen LogP contribution < -0.4 is 4.74 Å². The fourth-order valence-corrected chi connectivity index (χ4v) is 4.81. The third-order valence-electron chi connectivity index (χ3n) is 6.84. The van der Waals surface area contributed by atoms with E-state index >= 15 is 0 Å².